The number of imidazole rings is 1. The molecule has 2 aliphatic rings. The topological polar surface area (TPSA) is 64.1 Å². The van der Waals surface area contributed by atoms with Gasteiger partial charge in [-0.15, -0.1) is 0 Å². The Morgan fingerprint density at radius 2 is 1.39 bits per heavy atom. The molecular weight excluding hydrogens is 807 g/mol. The zero-order valence-corrected chi connectivity index (χ0v) is 39.8. The number of aromatic hydroxyl groups is 1. The van der Waals surface area contributed by atoms with Crippen molar-refractivity contribution in [3.8, 4) is 45.2 Å². The van der Waals surface area contributed by atoms with Crippen LogP contribution in [0.15, 0.2) is 126 Å². The van der Waals surface area contributed by atoms with Crippen molar-refractivity contribution in [2.24, 2.45) is 5.41 Å². The highest BCUT2D eigenvalue weighted by Crippen LogP contribution is 2.52. The van der Waals surface area contributed by atoms with Crippen molar-refractivity contribution in [2.75, 3.05) is 0 Å². The van der Waals surface area contributed by atoms with Gasteiger partial charge in [-0.1, -0.05) is 147 Å². The molecule has 0 aliphatic heterocycles. The van der Waals surface area contributed by atoms with Crippen molar-refractivity contribution in [2.45, 2.75) is 129 Å². The average Bonchev–Trinajstić information content (AvgIpc) is 3.90. The number of hydrogen-bond donors (Lipinski definition) is 1. The maximum absolute atomic E-state index is 12.3. The Labute approximate surface area is 389 Å². The Morgan fingerprint density at radius 1 is 0.667 bits per heavy atom. The number of aromatic nitrogens is 3. The molecular formula is C61H63N3O2. The summed E-state index contributed by atoms with van der Waals surface area (Å²) < 4.78 is 8.78. The molecule has 5 nitrogen and oxygen atoms in total. The van der Waals surface area contributed by atoms with E-state index >= 15 is 0 Å². The molecule has 1 N–H and O–H groups in total. The van der Waals surface area contributed by atoms with Gasteiger partial charge >= 0.3 is 0 Å². The van der Waals surface area contributed by atoms with Gasteiger partial charge in [-0.3, -0.25) is 4.57 Å². The van der Waals surface area contributed by atoms with Crippen LogP contribution < -0.4 is 0 Å². The van der Waals surface area contributed by atoms with E-state index in [4.69, 9.17) is 14.4 Å². The van der Waals surface area contributed by atoms with Crippen molar-refractivity contribution < 1.29 is 9.52 Å². The number of furan rings is 1. The van der Waals surface area contributed by atoms with Crippen molar-refractivity contribution in [1.29, 1.82) is 0 Å². The first kappa shape index (κ1) is 42.4. The molecule has 334 valence electrons. The average molecular weight is 870 g/mol. The van der Waals surface area contributed by atoms with Gasteiger partial charge in [0.2, 0.25) is 5.71 Å². The number of benzene rings is 6. The summed E-state index contributed by atoms with van der Waals surface area (Å²) >= 11 is 0. The van der Waals surface area contributed by atoms with Crippen LogP contribution in [0, 0.1) is 5.41 Å². The molecule has 3 aromatic heterocycles. The summed E-state index contributed by atoms with van der Waals surface area (Å²) in [5, 5.41) is 16.8. The maximum Gasteiger partial charge on any atom is 0.227 e. The summed E-state index contributed by atoms with van der Waals surface area (Å²) in [7, 11) is 0. The van der Waals surface area contributed by atoms with Crippen molar-refractivity contribution in [1.82, 2.24) is 14.5 Å². The summed E-state index contributed by atoms with van der Waals surface area (Å²) in [5.41, 5.74) is 15.0. The fourth-order valence-corrected chi connectivity index (χ4v) is 11.8. The number of nitrogens with zero attached hydrogens (tertiary/aromatic N) is 3. The molecule has 5 heteroatoms. The molecule has 0 bridgehead atoms. The van der Waals surface area contributed by atoms with E-state index in [9.17, 15) is 5.11 Å². The van der Waals surface area contributed by atoms with Crippen LogP contribution in [-0.2, 0) is 5.41 Å². The third kappa shape index (κ3) is 7.30. The van der Waals surface area contributed by atoms with Gasteiger partial charge in [0.1, 0.15) is 17.2 Å². The van der Waals surface area contributed by atoms with Gasteiger partial charge in [-0.25, -0.2) is 9.97 Å². The van der Waals surface area contributed by atoms with Crippen molar-refractivity contribution in [3.63, 3.8) is 0 Å². The second kappa shape index (κ2) is 16.3. The molecule has 11 rings (SSSR count). The third-order valence-corrected chi connectivity index (χ3v) is 15.6. The SMILES string of the molecule is CC(C)c1cc(C(C)(C)C)cc(C(C)C)c1-n1c(-c2ccc(C3CCC4(CCCCC4)CC3)cc2O)nc2c(-c3cccc(-c4ccc5c(n4)oc4ccc6ccccc6c45)c3)cccc21. The lowest BCUT2D eigenvalue weighted by molar-refractivity contribution is 0.114. The van der Waals surface area contributed by atoms with Gasteiger partial charge in [0.05, 0.1) is 28.0 Å². The summed E-state index contributed by atoms with van der Waals surface area (Å²) in [4.78, 5) is 10.8. The normalized spacial score (nSPS) is 16.0. The first-order valence-corrected chi connectivity index (χ1v) is 24.7. The highest BCUT2D eigenvalue weighted by atomic mass is 16.3. The standard InChI is InChI=1S/C61H63N3O2/c1-37(2)49-35-44(60(5,6)7)36-50(38(3)4)57(49)64-52-20-14-19-46(56(52)63-58(64)47-23-21-41(34-53(47)65)39-27-31-61(32-28-39)29-11-8-12-30-61)42-16-13-17-43(33-42)51-25-24-48-55-45-18-10-9-15-40(45)22-26-54(55)66-59(48)62-51/h9-10,13-26,33-39,65H,8,11-12,27-32H2,1-7H3. The molecule has 0 amide bonds. The fraction of sp³-hybridized carbons (Fsp3) is 0.344. The lowest BCUT2D eigenvalue weighted by Gasteiger charge is -2.43. The Bertz CT molecular complexity index is 3280. The van der Waals surface area contributed by atoms with Gasteiger partial charge in [0.15, 0.2) is 0 Å². The van der Waals surface area contributed by atoms with E-state index in [0.29, 0.717) is 22.8 Å². The predicted octanol–water partition coefficient (Wildman–Crippen LogP) is 17.3. The predicted molar refractivity (Wildman–Crippen MR) is 275 cm³/mol. The number of rotatable bonds is 7. The van der Waals surface area contributed by atoms with Crippen LogP contribution in [0.1, 0.15) is 146 Å². The van der Waals surface area contributed by atoms with Gasteiger partial charge in [0.25, 0.3) is 0 Å². The second-order valence-corrected chi connectivity index (χ2v) is 21.5. The van der Waals surface area contributed by atoms with E-state index in [1.54, 1.807) is 0 Å². The van der Waals surface area contributed by atoms with Gasteiger partial charge < -0.3 is 9.52 Å². The van der Waals surface area contributed by atoms with Crippen LogP contribution in [0.2, 0.25) is 0 Å². The number of fused-ring (bicyclic) bond motifs is 6. The highest BCUT2D eigenvalue weighted by Gasteiger charge is 2.37. The molecule has 66 heavy (non-hydrogen) atoms. The summed E-state index contributed by atoms with van der Waals surface area (Å²) in [5.74, 6) is 2.03. The Morgan fingerprint density at radius 3 is 2.12 bits per heavy atom. The van der Waals surface area contributed by atoms with Crippen LogP contribution in [0.4, 0.5) is 0 Å². The second-order valence-electron chi connectivity index (χ2n) is 21.5. The van der Waals surface area contributed by atoms with Crippen LogP contribution >= 0.6 is 0 Å². The minimum absolute atomic E-state index is 0.0220. The van der Waals surface area contributed by atoms with E-state index in [2.05, 4.69) is 174 Å². The van der Waals surface area contributed by atoms with Crippen LogP contribution in [0.3, 0.4) is 0 Å². The van der Waals surface area contributed by atoms with Crippen molar-refractivity contribution >= 4 is 43.9 Å². The first-order valence-electron chi connectivity index (χ1n) is 24.7. The monoisotopic (exact) mass is 869 g/mol. The zero-order valence-electron chi connectivity index (χ0n) is 39.8. The highest BCUT2D eigenvalue weighted by molar-refractivity contribution is 6.18. The molecule has 0 radical (unpaired) electrons. The fourth-order valence-electron chi connectivity index (χ4n) is 11.8. The summed E-state index contributed by atoms with van der Waals surface area (Å²) in [6.07, 6.45) is 12.0. The van der Waals surface area contributed by atoms with E-state index in [1.807, 2.05) is 0 Å². The Hall–Kier alpha value is -6.20. The molecule has 2 saturated carbocycles. The number of para-hydroxylation sites is 1. The lowest BCUT2D eigenvalue weighted by Crippen LogP contribution is -2.29. The van der Waals surface area contributed by atoms with E-state index in [0.717, 1.165) is 61.2 Å². The van der Waals surface area contributed by atoms with Gasteiger partial charge in [-0.2, -0.15) is 0 Å². The molecule has 1 spiro atoms. The van der Waals surface area contributed by atoms with Crippen LogP contribution in [-0.4, -0.2) is 19.6 Å². The van der Waals surface area contributed by atoms with Gasteiger partial charge in [0, 0.05) is 21.9 Å². The molecule has 0 unspecified atom stereocenters. The van der Waals surface area contributed by atoms with Crippen molar-refractivity contribution in [3.05, 3.63) is 144 Å². The molecule has 2 aliphatic carbocycles. The van der Waals surface area contributed by atoms with E-state index < -0.39 is 0 Å². The molecule has 6 aromatic carbocycles. The largest absolute Gasteiger partial charge is 0.507 e. The number of phenols is 1. The molecule has 2 fully saturated rings. The summed E-state index contributed by atoms with van der Waals surface area (Å²) in [6.45, 7) is 16.1. The molecule has 3 heterocycles. The quantitative estimate of drug-likeness (QED) is 0.173. The third-order valence-electron chi connectivity index (χ3n) is 15.6. The maximum atomic E-state index is 12.3. The smallest absolute Gasteiger partial charge is 0.227 e. The molecule has 0 saturated heterocycles. The Balaban J connectivity index is 1.06. The number of hydrogen-bond acceptors (Lipinski definition) is 4. The minimum atomic E-state index is -0.0220. The van der Waals surface area contributed by atoms with E-state index in [1.165, 1.54) is 96.5 Å². The zero-order chi connectivity index (χ0) is 45.5. The van der Waals surface area contributed by atoms with Crippen LogP contribution in [0.25, 0.3) is 83.3 Å². The molecule has 0 atom stereocenters. The number of phenolic OH excluding ortho intramolecular Hbond substituents is 1. The minimum Gasteiger partial charge on any atom is -0.507 e. The van der Waals surface area contributed by atoms with Gasteiger partial charge in [-0.05, 0) is 148 Å². The van der Waals surface area contributed by atoms with Crippen LogP contribution in [0.5, 0.6) is 5.75 Å². The lowest BCUT2D eigenvalue weighted by atomic mass is 9.62. The number of pyridine rings is 1. The first-order chi connectivity index (χ1) is 31.9. The summed E-state index contributed by atoms with van der Waals surface area (Å²) in [6, 6.07) is 43.4. The molecule has 9 aromatic rings. The van der Waals surface area contributed by atoms with E-state index in [-0.39, 0.29) is 17.3 Å². The Kier molecular flexibility index (Phi) is 10.5.